The molecule has 1 aliphatic carbocycles. The van der Waals surface area contributed by atoms with Crippen molar-refractivity contribution in [2.45, 2.75) is 32.0 Å². The average Bonchev–Trinajstić information content (AvgIpc) is 2.18. The van der Waals surface area contributed by atoms with Crippen LogP contribution in [0.3, 0.4) is 0 Å². The van der Waals surface area contributed by atoms with Crippen LogP contribution in [0, 0.1) is 0 Å². The Labute approximate surface area is 88.4 Å². The average molecular weight is 208 g/mol. The Bertz CT molecular complexity index is 358. The van der Waals surface area contributed by atoms with E-state index in [4.69, 9.17) is 9.76 Å². The summed E-state index contributed by atoms with van der Waals surface area (Å²) in [6.07, 6.45) is 3.96. The zero-order valence-corrected chi connectivity index (χ0v) is 8.56. The Balaban J connectivity index is 2.33. The smallest absolute Gasteiger partial charge is 0.525 e. The van der Waals surface area contributed by atoms with Crippen molar-refractivity contribution in [3.05, 3.63) is 23.0 Å². The van der Waals surface area contributed by atoms with Gasteiger partial charge in [-0.2, -0.15) is 0 Å². The van der Waals surface area contributed by atoms with Crippen LogP contribution in [0.5, 0.6) is 0 Å². The second-order valence-electron chi connectivity index (χ2n) is 4.08. The third-order valence-corrected chi connectivity index (χ3v) is 2.88. The van der Waals surface area contributed by atoms with Crippen LogP contribution in [0.4, 0.5) is 0 Å². The summed E-state index contributed by atoms with van der Waals surface area (Å²) in [5.74, 6) is -0.555. The molecule has 0 fully saturated rings. The highest BCUT2D eigenvalue weighted by Crippen LogP contribution is 2.37. The lowest BCUT2D eigenvalue weighted by atomic mass is 9.66. The molecule has 0 aromatic rings. The fourth-order valence-corrected chi connectivity index (χ4v) is 2.04. The van der Waals surface area contributed by atoms with E-state index in [1.165, 1.54) is 0 Å². The van der Waals surface area contributed by atoms with Gasteiger partial charge in [-0.1, -0.05) is 13.0 Å². The van der Waals surface area contributed by atoms with Gasteiger partial charge in [0, 0.05) is 5.82 Å². The quantitative estimate of drug-likeness (QED) is 0.638. The molecule has 80 valence electrons. The molecular weight excluding hydrogens is 195 g/mol. The molecule has 1 heterocycles. The topological polar surface area (TPSA) is 66.8 Å². The SMILES string of the molecule is C[C@H]1CC2=C(OB1O)C(C(=O)O)=CCC2. The van der Waals surface area contributed by atoms with Crippen LogP contribution in [0.15, 0.2) is 23.0 Å². The molecule has 5 heteroatoms. The molecule has 15 heavy (non-hydrogen) atoms. The van der Waals surface area contributed by atoms with E-state index in [2.05, 4.69) is 0 Å². The maximum atomic E-state index is 10.9. The molecule has 2 aliphatic rings. The first-order valence-electron chi connectivity index (χ1n) is 5.10. The van der Waals surface area contributed by atoms with Crippen molar-refractivity contribution in [2.75, 3.05) is 0 Å². The van der Waals surface area contributed by atoms with Gasteiger partial charge in [-0.05, 0) is 24.8 Å². The molecule has 0 aromatic heterocycles. The maximum absolute atomic E-state index is 10.9. The highest BCUT2D eigenvalue weighted by molar-refractivity contribution is 6.45. The minimum Gasteiger partial charge on any atom is -0.535 e. The summed E-state index contributed by atoms with van der Waals surface area (Å²) >= 11 is 0. The van der Waals surface area contributed by atoms with Crippen LogP contribution < -0.4 is 0 Å². The number of carbonyl (C=O) groups is 1. The van der Waals surface area contributed by atoms with Crippen molar-refractivity contribution >= 4 is 13.1 Å². The van der Waals surface area contributed by atoms with Crippen LogP contribution >= 0.6 is 0 Å². The minimum absolute atomic E-state index is 0.0388. The number of rotatable bonds is 1. The van der Waals surface area contributed by atoms with Gasteiger partial charge < -0.3 is 14.8 Å². The fourth-order valence-electron chi connectivity index (χ4n) is 2.04. The standard InChI is InChI=1S/C10H13BO4/c1-6-5-7-3-2-4-8(10(12)13)9(7)15-11(6)14/h4,6,14H,2-3,5H2,1H3,(H,12,13)/t6-/m0/s1. The number of carboxylic acid groups (broad SMARTS) is 1. The highest BCUT2D eigenvalue weighted by atomic mass is 16.5. The van der Waals surface area contributed by atoms with E-state index < -0.39 is 13.1 Å². The van der Waals surface area contributed by atoms with Gasteiger partial charge in [-0.15, -0.1) is 0 Å². The van der Waals surface area contributed by atoms with Gasteiger partial charge in [0.25, 0.3) is 0 Å². The van der Waals surface area contributed by atoms with E-state index in [1.54, 1.807) is 6.08 Å². The van der Waals surface area contributed by atoms with Crippen molar-refractivity contribution in [1.82, 2.24) is 0 Å². The first-order chi connectivity index (χ1) is 7.09. The number of aliphatic carboxylic acids is 1. The van der Waals surface area contributed by atoms with Gasteiger partial charge in [-0.3, -0.25) is 0 Å². The fraction of sp³-hybridized carbons (Fsp3) is 0.500. The number of allylic oxidation sites excluding steroid dienone is 2. The van der Waals surface area contributed by atoms with Gasteiger partial charge in [0.1, 0.15) is 5.76 Å². The second-order valence-corrected chi connectivity index (χ2v) is 4.08. The highest BCUT2D eigenvalue weighted by Gasteiger charge is 2.36. The van der Waals surface area contributed by atoms with Gasteiger partial charge in [-0.25, -0.2) is 4.79 Å². The van der Waals surface area contributed by atoms with Gasteiger partial charge in [0.2, 0.25) is 0 Å². The van der Waals surface area contributed by atoms with Gasteiger partial charge in [0.15, 0.2) is 0 Å². The largest absolute Gasteiger partial charge is 0.535 e. The Morgan fingerprint density at radius 2 is 2.40 bits per heavy atom. The Hall–Kier alpha value is -1.23. The summed E-state index contributed by atoms with van der Waals surface area (Å²) < 4.78 is 5.26. The molecule has 0 saturated heterocycles. The molecule has 0 radical (unpaired) electrons. The van der Waals surface area contributed by atoms with Crippen LogP contribution in [0.1, 0.15) is 26.2 Å². The zero-order chi connectivity index (χ0) is 11.0. The summed E-state index contributed by atoms with van der Waals surface area (Å²) in [5.41, 5.74) is 1.22. The van der Waals surface area contributed by atoms with Gasteiger partial charge in [0.05, 0.1) is 5.57 Å². The maximum Gasteiger partial charge on any atom is 0.525 e. The van der Waals surface area contributed by atoms with Crippen molar-refractivity contribution in [3.8, 4) is 0 Å². The summed E-state index contributed by atoms with van der Waals surface area (Å²) in [4.78, 5) is 10.9. The Kier molecular flexibility index (Phi) is 2.56. The lowest BCUT2D eigenvalue weighted by Crippen LogP contribution is -2.30. The lowest BCUT2D eigenvalue weighted by molar-refractivity contribution is -0.132. The van der Waals surface area contributed by atoms with E-state index >= 15 is 0 Å². The Morgan fingerprint density at radius 1 is 1.67 bits per heavy atom. The summed E-state index contributed by atoms with van der Waals surface area (Å²) in [7, 11) is -0.885. The van der Waals surface area contributed by atoms with Crippen molar-refractivity contribution in [1.29, 1.82) is 0 Å². The first-order valence-corrected chi connectivity index (χ1v) is 5.10. The van der Waals surface area contributed by atoms with E-state index in [0.29, 0.717) is 5.76 Å². The van der Waals surface area contributed by atoms with E-state index in [-0.39, 0.29) is 11.4 Å². The molecule has 0 unspecified atom stereocenters. The molecule has 0 aromatic carbocycles. The molecule has 1 aliphatic heterocycles. The lowest BCUT2D eigenvalue weighted by Gasteiger charge is -2.30. The van der Waals surface area contributed by atoms with Crippen LogP contribution in [-0.2, 0) is 9.45 Å². The van der Waals surface area contributed by atoms with E-state index in [1.807, 2.05) is 6.92 Å². The Morgan fingerprint density at radius 3 is 3.07 bits per heavy atom. The van der Waals surface area contributed by atoms with E-state index in [0.717, 1.165) is 24.8 Å². The normalized spacial score (nSPS) is 25.6. The van der Waals surface area contributed by atoms with Crippen LogP contribution in [-0.4, -0.2) is 23.2 Å². The predicted octanol–water partition coefficient (Wildman–Crippen LogP) is 1.34. The molecule has 0 amide bonds. The molecule has 0 spiro atoms. The molecule has 2 rings (SSSR count). The van der Waals surface area contributed by atoms with Gasteiger partial charge >= 0.3 is 13.1 Å². The minimum atomic E-state index is -0.982. The third-order valence-electron chi connectivity index (χ3n) is 2.88. The number of hydrogen-bond acceptors (Lipinski definition) is 3. The third kappa shape index (κ3) is 1.79. The van der Waals surface area contributed by atoms with Crippen LogP contribution in [0.25, 0.3) is 0 Å². The summed E-state index contributed by atoms with van der Waals surface area (Å²) in [6, 6.07) is 0. The number of hydrogen-bond donors (Lipinski definition) is 2. The summed E-state index contributed by atoms with van der Waals surface area (Å²) in [5, 5.41) is 18.5. The van der Waals surface area contributed by atoms with Crippen molar-refractivity contribution in [2.24, 2.45) is 0 Å². The monoisotopic (exact) mass is 208 g/mol. The molecule has 1 atom stereocenters. The van der Waals surface area contributed by atoms with Crippen LogP contribution in [0.2, 0.25) is 5.82 Å². The van der Waals surface area contributed by atoms with Crippen molar-refractivity contribution < 1.29 is 19.6 Å². The van der Waals surface area contributed by atoms with Crippen molar-refractivity contribution in [3.63, 3.8) is 0 Å². The number of carboxylic acids is 1. The molecule has 4 nitrogen and oxygen atoms in total. The zero-order valence-electron chi connectivity index (χ0n) is 8.56. The molecule has 2 N–H and O–H groups in total. The van der Waals surface area contributed by atoms with E-state index in [9.17, 15) is 9.82 Å². The molecular formula is C10H13BO4. The predicted molar refractivity (Wildman–Crippen MR) is 55.1 cm³/mol. The first kappa shape index (κ1) is 10.3. The molecule has 0 saturated carbocycles. The second kappa shape index (κ2) is 3.74. The molecule has 0 bridgehead atoms. The summed E-state index contributed by atoms with van der Waals surface area (Å²) in [6.45, 7) is 1.90.